The van der Waals surface area contributed by atoms with Crippen LogP contribution in [-0.4, -0.2) is 37.4 Å². The molecule has 5 rings (SSSR count). The maximum Gasteiger partial charge on any atom is 0.229 e. The standard InChI is InChI=1S/C38H43NO3Si/c1-29(2)35(43(3,4)34-23-15-8-16-24-34)27-37(41)39-33(25-26-36(39)40)28-42-38(30-17-9-5-10-18-30,31-19-11-6-12-20-31)32-21-13-7-14-22-32/h5-24,29,33,35H,25-28H2,1-4H3/t33-,35+/m0/s1. The van der Waals surface area contributed by atoms with Gasteiger partial charge in [0.15, 0.2) is 0 Å². The Morgan fingerprint density at radius 1 is 0.791 bits per heavy atom. The van der Waals surface area contributed by atoms with Crippen molar-refractivity contribution in [3.05, 3.63) is 138 Å². The van der Waals surface area contributed by atoms with Gasteiger partial charge in [0.25, 0.3) is 0 Å². The highest BCUT2D eigenvalue weighted by Gasteiger charge is 2.44. The molecule has 222 valence electrons. The van der Waals surface area contributed by atoms with E-state index in [1.807, 2.05) is 60.7 Å². The average molecular weight is 590 g/mol. The van der Waals surface area contributed by atoms with Gasteiger partial charge in [-0.1, -0.05) is 153 Å². The maximum atomic E-state index is 14.1. The summed E-state index contributed by atoms with van der Waals surface area (Å²) >= 11 is 0. The van der Waals surface area contributed by atoms with Crippen LogP contribution >= 0.6 is 0 Å². The van der Waals surface area contributed by atoms with Crippen LogP contribution in [0.25, 0.3) is 0 Å². The summed E-state index contributed by atoms with van der Waals surface area (Å²) in [6, 6.07) is 41.0. The van der Waals surface area contributed by atoms with Gasteiger partial charge in [-0.25, -0.2) is 0 Å². The predicted octanol–water partition coefficient (Wildman–Crippen LogP) is 7.54. The number of rotatable bonds is 11. The summed E-state index contributed by atoms with van der Waals surface area (Å²) in [6.07, 6.45) is 1.33. The Bertz CT molecular complexity index is 1390. The first-order valence-electron chi connectivity index (χ1n) is 15.5. The second kappa shape index (κ2) is 13.2. The van der Waals surface area contributed by atoms with Gasteiger partial charge < -0.3 is 4.74 Å². The van der Waals surface area contributed by atoms with E-state index in [9.17, 15) is 9.59 Å². The first kappa shape index (κ1) is 30.6. The van der Waals surface area contributed by atoms with Crippen molar-refractivity contribution in [2.24, 2.45) is 5.92 Å². The zero-order valence-corrected chi connectivity index (χ0v) is 26.8. The normalized spacial score (nSPS) is 16.4. The fourth-order valence-corrected chi connectivity index (χ4v) is 10.8. The van der Waals surface area contributed by atoms with E-state index in [1.165, 1.54) is 10.1 Å². The van der Waals surface area contributed by atoms with Crippen molar-refractivity contribution in [1.29, 1.82) is 0 Å². The Morgan fingerprint density at radius 3 is 1.67 bits per heavy atom. The van der Waals surface area contributed by atoms with Crippen molar-refractivity contribution in [3.8, 4) is 0 Å². The smallest absolute Gasteiger partial charge is 0.229 e. The summed E-state index contributed by atoms with van der Waals surface area (Å²) < 4.78 is 7.05. The molecule has 4 aromatic carbocycles. The van der Waals surface area contributed by atoms with E-state index in [0.29, 0.717) is 25.2 Å². The summed E-state index contributed by atoms with van der Waals surface area (Å²) in [5, 5.41) is 1.34. The van der Waals surface area contributed by atoms with Crippen molar-refractivity contribution < 1.29 is 14.3 Å². The Morgan fingerprint density at radius 2 is 1.23 bits per heavy atom. The molecule has 2 atom stereocenters. The number of benzene rings is 4. The third-order valence-corrected chi connectivity index (χ3v) is 13.8. The molecular formula is C38H43NO3Si. The number of ether oxygens (including phenoxy) is 1. The van der Waals surface area contributed by atoms with Gasteiger partial charge in [-0.15, -0.1) is 0 Å². The third-order valence-electron chi connectivity index (χ3n) is 9.27. The lowest BCUT2D eigenvalue weighted by Gasteiger charge is -2.38. The SMILES string of the molecule is CC(C)[C@@H](CC(=O)N1C(=O)CC[C@H]1COC(c1ccccc1)(c1ccccc1)c1ccccc1)[Si](C)(C)c1ccccc1. The van der Waals surface area contributed by atoms with Gasteiger partial charge in [0, 0.05) is 12.8 Å². The van der Waals surface area contributed by atoms with Gasteiger partial charge in [0.05, 0.1) is 20.7 Å². The highest BCUT2D eigenvalue weighted by atomic mass is 28.3. The van der Waals surface area contributed by atoms with Crippen molar-refractivity contribution >= 4 is 25.1 Å². The van der Waals surface area contributed by atoms with Gasteiger partial charge in [0.1, 0.15) is 5.60 Å². The molecule has 0 aromatic heterocycles. The van der Waals surface area contributed by atoms with E-state index in [1.54, 1.807) is 0 Å². The molecule has 1 saturated heterocycles. The molecule has 1 aliphatic heterocycles. The number of nitrogens with zero attached hydrogens (tertiary/aromatic N) is 1. The minimum atomic E-state index is -2.00. The topological polar surface area (TPSA) is 46.6 Å². The molecule has 1 aliphatic rings. The highest BCUT2D eigenvalue weighted by molar-refractivity contribution is 6.91. The number of imide groups is 1. The molecule has 2 amide bonds. The number of amides is 2. The van der Waals surface area contributed by atoms with Crippen LogP contribution < -0.4 is 5.19 Å². The first-order valence-corrected chi connectivity index (χ1v) is 18.5. The number of carbonyl (C=O) groups is 2. The average Bonchev–Trinajstić information content (AvgIpc) is 3.42. The van der Waals surface area contributed by atoms with Crippen molar-refractivity contribution in [2.75, 3.05) is 6.61 Å². The summed E-state index contributed by atoms with van der Waals surface area (Å²) in [5.74, 6) is 0.154. The van der Waals surface area contributed by atoms with Crippen molar-refractivity contribution in [2.45, 2.75) is 63.4 Å². The minimum absolute atomic E-state index is 0.0731. The predicted molar refractivity (Wildman–Crippen MR) is 177 cm³/mol. The van der Waals surface area contributed by atoms with Crippen LogP contribution in [0.15, 0.2) is 121 Å². The second-order valence-electron chi connectivity index (χ2n) is 12.6. The molecule has 0 N–H and O–H groups in total. The minimum Gasteiger partial charge on any atom is -0.359 e. The molecular weight excluding hydrogens is 547 g/mol. The van der Waals surface area contributed by atoms with E-state index in [2.05, 4.69) is 87.6 Å². The number of likely N-dealkylation sites (tertiary alicyclic amines) is 1. The second-order valence-corrected chi connectivity index (χ2v) is 17.3. The summed E-state index contributed by atoms with van der Waals surface area (Å²) in [5.41, 5.74) is 2.32. The van der Waals surface area contributed by atoms with Crippen LogP contribution in [0.2, 0.25) is 18.6 Å². The van der Waals surface area contributed by atoms with Crippen LogP contribution in [0, 0.1) is 5.92 Å². The summed E-state index contributed by atoms with van der Waals surface area (Å²) in [7, 11) is -2.00. The number of hydrogen-bond acceptors (Lipinski definition) is 3. The van der Waals surface area contributed by atoms with Crippen LogP contribution in [0.1, 0.15) is 49.8 Å². The van der Waals surface area contributed by atoms with Gasteiger partial charge in [-0.05, 0) is 34.6 Å². The van der Waals surface area contributed by atoms with E-state index < -0.39 is 13.7 Å². The fourth-order valence-electron chi connectivity index (χ4n) is 6.93. The molecule has 4 nitrogen and oxygen atoms in total. The molecule has 4 aromatic rings. The molecule has 0 aliphatic carbocycles. The molecule has 0 bridgehead atoms. The summed E-state index contributed by atoms with van der Waals surface area (Å²) in [4.78, 5) is 28.9. The van der Waals surface area contributed by atoms with Crippen molar-refractivity contribution in [1.82, 2.24) is 4.90 Å². The third kappa shape index (κ3) is 6.29. The van der Waals surface area contributed by atoms with Gasteiger partial charge in [0.2, 0.25) is 11.8 Å². The lowest BCUT2D eigenvalue weighted by atomic mass is 9.80. The molecule has 1 heterocycles. The van der Waals surface area contributed by atoms with Gasteiger partial charge >= 0.3 is 0 Å². The van der Waals surface area contributed by atoms with Crippen LogP contribution in [0.5, 0.6) is 0 Å². The van der Waals surface area contributed by atoms with E-state index in [4.69, 9.17) is 4.74 Å². The van der Waals surface area contributed by atoms with Crippen LogP contribution in [-0.2, 0) is 19.9 Å². The molecule has 5 heteroatoms. The molecule has 0 unspecified atom stereocenters. The molecule has 0 saturated carbocycles. The van der Waals surface area contributed by atoms with E-state index in [-0.39, 0.29) is 30.0 Å². The Hall–Kier alpha value is -3.80. The van der Waals surface area contributed by atoms with Crippen molar-refractivity contribution in [3.63, 3.8) is 0 Å². The number of hydrogen-bond donors (Lipinski definition) is 0. The van der Waals surface area contributed by atoms with E-state index >= 15 is 0 Å². The lowest BCUT2D eigenvalue weighted by molar-refractivity contribution is -0.146. The molecule has 0 radical (unpaired) electrons. The molecule has 0 spiro atoms. The zero-order valence-electron chi connectivity index (χ0n) is 25.8. The zero-order chi connectivity index (χ0) is 30.5. The maximum absolute atomic E-state index is 14.1. The van der Waals surface area contributed by atoms with Crippen LogP contribution in [0.4, 0.5) is 0 Å². The summed E-state index contributed by atoms with van der Waals surface area (Å²) in [6.45, 7) is 9.36. The van der Waals surface area contributed by atoms with E-state index in [0.717, 1.165) is 16.7 Å². The largest absolute Gasteiger partial charge is 0.359 e. The van der Waals surface area contributed by atoms with Gasteiger partial charge in [-0.3, -0.25) is 14.5 Å². The molecule has 1 fully saturated rings. The molecule has 43 heavy (non-hydrogen) atoms. The lowest BCUT2D eigenvalue weighted by Crippen LogP contribution is -2.50. The first-order chi connectivity index (χ1) is 20.7. The van der Waals surface area contributed by atoms with Gasteiger partial charge in [-0.2, -0.15) is 0 Å². The Kier molecular flexibility index (Phi) is 9.43. The highest BCUT2D eigenvalue weighted by Crippen LogP contribution is 2.41. The van der Waals surface area contributed by atoms with Crippen LogP contribution in [0.3, 0.4) is 0 Å². The quantitative estimate of drug-likeness (QED) is 0.134. The monoisotopic (exact) mass is 589 g/mol. The fraction of sp³-hybridized carbons (Fsp3) is 0.316. The number of carbonyl (C=O) groups excluding carboxylic acids is 2. The Labute approximate surface area is 257 Å². The Balaban J connectivity index is 1.45.